The Morgan fingerprint density at radius 1 is 1.12 bits per heavy atom. The molecule has 0 spiro atoms. The molecule has 7 heteroatoms. The van der Waals surface area contributed by atoms with Crippen LogP contribution < -0.4 is 10.1 Å². The quantitative estimate of drug-likeness (QED) is 0.837. The summed E-state index contributed by atoms with van der Waals surface area (Å²) < 4.78 is 31.4. The number of amides is 1. The number of ether oxygens (including phenoxy) is 1. The highest BCUT2D eigenvalue weighted by molar-refractivity contribution is 6.01. The maximum atomic E-state index is 13.1. The lowest BCUT2D eigenvalue weighted by molar-refractivity contribution is -0.117. The normalized spacial score (nSPS) is 13.4. The molecule has 5 nitrogen and oxygen atoms in total. The smallest absolute Gasteiger partial charge is 0.337 e. The number of benzene rings is 2. The van der Waals surface area contributed by atoms with Gasteiger partial charge in [0, 0.05) is 12.0 Å². The fourth-order valence-corrected chi connectivity index (χ4v) is 2.28. The Labute approximate surface area is 142 Å². The third-order valence-electron chi connectivity index (χ3n) is 3.82. The van der Waals surface area contributed by atoms with Crippen LogP contribution in [0.3, 0.4) is 0 Å². The van der Waals surface area contributed by atoms with E-state index in [-0.39, 0.29) is 35.4 Å². The molecule has 0 bridgehead atoms. The van der Waals surface area contributed by atoms with Gasteiger partial charge in [-0.2, -0.15) is 0 Å². The Balaban J connectivity index is 1.73. The highest BCUT2D eigenvalue weighted by Crippen LogP contribution is 2.31. The standard InChI is InChI=1S/C18H15F2NO4/c19-14-5-4-12(8-15(14)20)25-9-10-1-6-16(13(7-10)18(23)24)21-17(22)11-2-3-11/h1,4-8,11H,2-3,9H2,(H,21,22)(H,23,24). The van der Waals surface area contributed by atoms with Gasteiger partial charge in [0.2, 0.25) is 5.91 Å². The van der Waals surface area contributed by atoms with Crippen molar-refractivity contribution in [3.05, 3.63) is 59.2 Å². The van der Waals surface area contributed by atoms with Gasteiger partial charge >= 0.3 is 5.97 Å². The van der Waals surface area contributed by atoms with Gasteiger partial charge < -0.3 is 15.2 Å². The summed E-state index contributed by atoms with van der Waals surface area (Å²) >= 11 is 0. The summed E-state index contributed by atoms with van der Waals surface area (Å²) in [6.07, 6.45) is 1.63. The molecule has 1 aliphatic rings. The van der Waals surface area contributed by atoms with Crippen molar-refractivity contribution in [3.63, 3.8) is 0 Å². The van der Waals surface area contributed by atoms with Gasteiger partial charge in [-0.3, -0.25) is 4.79 Å². The van der Waals surface area contributed by atoms with Gasteiger partial charge in [0.05, 0.1) is 11.3 Å². The summed E-state index contributed by atoms with van der Waals surface area (Å²) in [5.74, 6) is -3.29. The van der Waals surface area contributed by atoms with E-state index in [4.69, 9.17) is 4.74 Å². The van der Waals surface area contributed by atoms with E-state index in [9.17, 15) is 23.5 Å². The van der Waals surface area contributed by atoms with Gasteiger partial charge in [-0.05, 0) is 42.7 Å². The molecule has 1 fully saturated rings. The third kappa shape index (κ3) is 4.12. The lowest BCUT2D eigenvalue weighted by Gasteiger charge is -2.11. The molecule has 25 heavy (non-hydrogen) atoms. The second kappa shape index (κ2) is 6.88. The molecule has 2 aromatic rings. The second-order valence-electron chi connectivity index (χ2n) is 5.81. The Morgan fingerprint density at radius 3 is 2.52 bits per heavy atom. The molecule has 130 valence electrons. The Bertz CT molecular complexity index is 834. The van der Waals surface area contributed by atoms with Crippen molar-refractivity contribution in [2.45, 2.75) is 19.4 Å². The van der Waals surface area contributed by atoms with Crippen molar-refractivity contribution in [2.75, 3.05) is 5.32 Å². The van der Waals surface area contributed by atoms with Crippen LogP contribution in [0.1, 0.15) is 28.8 Å². The minimum absolute atomic E-state index is 0.0256. The summed E-state index contributed by atoms with van der Waals surface area (Å²) in [4.78, 5) is 23.2. The number of carboxylic acid groups (broad SMARTS) is 1. The molecule has 0 saturated heterocycles. The predicted molar refractivity (Wildman–Crippen MR) is 85.4 cm³/mol. The Hall–Kier alpha value is -2.96. The van der Waals surface area contributed by atoms with Crippen molar-refractivity contribution in [2.24, 2.45) is 5.92 Å². The van der Waals surface area contributed by atoms with Crippen LogP contribution in [0.2, 0.25) is 0 Å². The van der Waals surface area contributed by atoms with Crippen molar-refractivity contribution >= 4 is 17.6 Å². The zero-order valence-corrected chi connectivity index (χ0v) is 13.1. The first-order valence-electron chi connectivity index (χ1n) is 7.69. The van der Waals surface area contributed by atoms with E-state index in [1.165, 1.54) is 18.2 Å². The second-order valence-corrected chi connectivity index (χ2v) is 5.81. The zero-order valence-electron chi connectivity index (χ0n) is 13.1. The molecule has 0 radical (unpaired) electrons. The minimum Gasteiger partial charge on any atom is -0.489 e. The Kier molecular flexibility index (Phi) is 4.65. The van der Waals surface area contributed by atoms with Crippen LogP contribution in [-0.2, 0) is 11.4 Å². The number of halogens is 2. The molecule has 1 aliphatic carbocycles. The van der Waals surface area contributed by atoms with Gasteiger partial charge in [0.25, 0.3) is 0 Å². The van der Waals surface area contributed by atoms with Crippen LogP contribution in [0.4, 0.5) is 14.5 Å². The van der Waals surface area contributed by atoms with Gasteiger partial charge in [0.15, 0.2) is 11.6 Å². The van der Waals surface area contributed by atoms with Crippen molar-refractivity contribution in [3.8, 4) is 5.75 Å². The first-order valence-corrected chi connectivity index (χ1v) is 7.69. The number of rotatable bonds is 6. The SMILES string of the molecule is O=C(O)c1cc(COc2ccc(F)c(F)c2)ccc1NC(=O)C1CC1. The number of carbonyl (C=O) groups is 2. The first-order chi connectivity index (χ1) is 11.9. The minimum atomic E-state index is -1.18. The van der Waals surface area contributed by atoms with E-state index in [0.717, 1.165) is 25.0 Å². The van der Waals surface area contributed by atoms with Crippen LogP contribution in [0, 0.1) is 17.6 Å². The monoisotopic (exact) mass is 347 g/mol. The molecule has 0 heterocycles. The van der Waals surface area contributed by atoms with E-state index in [2.05, 4.69) is 5.32 Å². The Morgan fingerprint density at radius 2 is 1.88 bits per heavy atom. The average molecular weight is 347 g/mol. The molecule has 0 unspecified atom stereocenters. The van der Waals surface area contributed by atoms with Gasteiger partial charge in [-0.1, -0.05) is 6.07 Å². The topological polar surface area (TPSA) is 75.6 Å². The van der Waals surface area contributed by atoms with Gasteiger partial charge in [0.1, 0.15) is 12.4 Å². The van der Waals surface area contributed by atoms with Crippen LogP contribution >= 0.6 is 0 Å². The predicted octanol–water partition coefficient (Wildman–Crippen LogP) is 3.59. The first kappa shape index (κ1) is 16.9. The highest BCUT2D eigenvalue weighted by atomic mass is 19.2. The summed E-state index contributed by atoms with van der Waals surface area (Å²) in [5, 5.41) is 11.9. The number of carboxylic acids is 1. The molecule has 1 saturated carbocycles. The van der Waals surface area contributed by atoms with Gasteiger partial charge in [-0.25, -0.2) is 13.6 Å². The fourth-order valence-electron chi connectivity index (χ4n) is 2.28. The largest absolute Gasteiger partial charge is 0.489 e. The molecule has 2 N–H and O–H groups in total. The number of aromatic carboxylic acids is 1. The summed E-state index contributed by atoms with van der Waals surface area (Å²) in [5.41, 5.74) is 0.688. The number of carbonyl (C=O) groups excluding carboxylic acids is 1. The number of hydrogen-bond acceptors (Lipinski definition) is 3. The van der Waals surface area contributed by atoms with Crippen LogP contribution in [0.25, 0.3) is 0 Å². The molecule has 0 atom stereocenters. The lowest BCUT2D eigenvalue weighted by Crippen LogP contribution is -2.16. The molecular weight excluding hydrogens is 332 g/mol. The summed E-state index contributed by atoms with van der Waals surface area (Å²) in [6.45, 7) is -0.0256. The third-order valence-corrected chi connectivity index (χ3v) is 3.82. The van der Waals surface area contributed by atoms with Gasteiger partial charge in [-0.15, -0.1) is 0 Å². The zero-order chi connectivity index (χ0) is 18.0. The van der Waals surface area contributed by atoms with E-state index in [1.807, 2.05) is 0 Å². The highest BCUT2D eigenvalue weighted by Gasteiger charge is 2.30. The fraction of sp³-hybridized carbons (Fsp3) is 0.222. The van der Waals surface area contributed by atoms with E-state index < -0.39 is 17.6 Å². The maximum absolute atomic E-state index is 13.1. The van der Waals surface area contributed by atoms with E-state index in [0.29, 0.717) is 5.56 Å². The van der Waals surface area contributed by atoms with E-state index in [1.54, 1.807) is 6.07 Å². The molecule has 0 aliphatic heterocycles. The number of anilines is 1. The number of hydrogen-bond donors (Lipinski definition) is 2. The van der Waals surface area contributed by atoms with Crippen molar-refractivity contribution in [1.82, 2.24) is 0 Å². The summed E-state index contributed by atoms with van der Waals surface area (Å²) in [7, 11) is 0. The molecule has 3 rings (SSSR count). The van der Waals surface area contributed by atoms with Crippen LogP contribution in [-0.4, -0.2) is 17.0 Å². The molecule has 1 amide bonds. The van der Waals surface area contributed by atoms with Crippen molar-refractivity contribution < 1.29 is 28.2 Å². The van der Waals surface area contributed by atoms with Crippen LogP contribution in [0.15, 0.2) is 36.4 Å². The molecular formula is C18H15F2NO4. The maximum Gasteiger partial charge on any atom is 0.337 e. The van der Waals surface area contributed by atoms with Crippen LogP contribution in [0.5, 0.6) is 5.75 Å². The number of nitrogens with one attached hydrogen (secondary N) is 1. The average Bonchev–Trinajstić information content (AvgIpc) is 3.41. The molecule has 2 aromatic carbocycles. The van der Waals surface area contributed by atoms with Crippen molar-refractivity contribution in [1.29, 1.82) is 0 Å². The summed E-state index contributed by atoms with van der Waals surface area (Å²) in [6, 6.07) is 7.62. The van der Waals surface area contributed by atoms with E-state index >= 15 is 0 Å². The molecule has 0 aromatic heterocycles. The lowest BCUT2D eigenvalue weighted by atomic mass is 10.1.